The highest BCUT2D eigenvalue weighted by atomic mass is 16.6. The van der Waals surface area contributed by atoms with E-state index in [1.54, 1.807) is 13.0 Å². The third-order valence-corrected chi connectivity index (χ3v) is 0.837. The minimum absolute atomic E-state index is 0.0532. The summed E-state index contributed by atoms with van der Waals surface area (Å²) < 4.78 is 0. The third kappa shape index (κ3) is 31.3. The van der Waals surface area contributed by atoms with Gasteiger partial charge in [-0.2, -0.15) is 0 Å². The Morgan fingerprint density at radius 2 is 1.59 bits per heavy atom. The molecule has 0 atom stereocenters. The molecule has 0 aromatic heterocycles. The molecule has 0 amide bonds. The fraction of sp³-hybridized carbons (Fsp3) is 0.571. The molecule has 0 bridgehead atoms. The molecule has 3 nitrogen and oxygen atoms in total. The fourth-order valence-electron chi connectivity index (χ4n) is 0.469. The van der Waals surface area contributed by atoms with Crippen molar-refractivity contribution in [2.75, 3.05) is 0 Å². The normalized spacial score (nSPS) is 8.76. The summed E-state index contributed by atoms with van der Waals surface area (Å²) in [7, 11) is 0. The highest BCUT2D eigenvalue weighted by molar-refractivity contribution is 5.15. The van der Waals surface area contributed by atoms with Crippen molar-refractivity contribution in [2.24, 2.45) is 0 Å². The molecule has 0 rings (SSSR count). The molecule has 0 unspecified atom stereocenters. The quantitative estimate of drug-likeness (QED) is 0.379. The molecule has 3 heteroatoms. The summed E-state index contributed by atoms with van der Waals surface area (Å²) in [6.45, 7) is 17.3. The zero-order chi connectivity index (χ0) is 14.7. The van der Waals surface area contributed by atoms with E-state index in [4.69, 9.17) is 0 Å². The molecule has 0 aromatic rings. The van der Waals surface area contributed by atoms with Gasteiger partial charge in [-0.3, -0.25) is 10.1 Å². The second kappa shape index (κ2) is 29.3. The van der Waals surface area contributed by atoms with Gasteiger partial charge >= 0.3 is 0 Å². The van der Waals surface area contributed by atoms with Gasteiger partial charge < -0.3 is 0 Å². The lowest BCUT2D eigenvalue weighted by Crippen LogP contribution is -1.93. The Morgan fingerprint density at radius 1 is 1.24 bits per heavy atom. The summed E-state index contributed by atoms with van der Waals surface area (Å²) in [4.78, 5) is 9.66. The third-order valence-electron chi connectivity index (χ3n) is 0.837. The van der Waals surface area contributed by atoms with E-state index in [9.17, 15) is 10.1 Å². The maximum Gasteiger partial charge on any atom is 0.269 e. The van der Waals surface area contributed by atoms with Gasteiger partial charge in [-0.25, -0.2) is 0 Å². The van der Waals surface area contributed by atoms with Gasteiger partial charge in [-0.05, 0) is 6.92 Å². The largest absolute Gasteiger partial charge is 0.269 e. The monoisotopic (exact) mass is 243 g/mol. The first-order valence-electron chi connectivity index (χ1n) is 6.23. The number of rotatable bonds is 3. The lowest BCUT2D eigenvalue weighted by atomic mass is 10.3. The van der Waals surface area contributed by atoms with Gasteiger partial charge in [-0.1, -0.05) is 66.7 Å². The summed E-state index contributed by atoms with van der Waals surface area (Å²) in [5.41, 5.74) is 0.0532. The van der Waals surface area contributed by atoms with Crippen molar-refractivity contribution in [2.45, 2.75) is 54.9 Å². The molecule has 102 valence electrons. The van der Waals surface area contributed by atoms with Crippen LogP contribution in [-0.4, -0.2) is 4.92 Å². The smallest absolute Gasteiger partial charge is 0.258 e. The molecular formula is C14H29NO2. The molecule has 17 heavy (non-hydrogen) atoms. The van der Waals surface area contributed by atoms with E-state index in [0.717, 1.165) is 0 Å². The molecule has 0 fully saturated rings. The first-order chi connectivity index (χ1) is 8.13. The molecule has 0 heterocycles. The average Bonchev–Trinajstić information content (AvgIpc) is 2.35. The van der Waals surface area contributed by atoms with Gasteiger partial charge in [-0.15, -0.1) is 0 Å². The number of hydrogen-bond donors (Lipinski definition) is 0. The Hall–Kier alpha value is -1.38. The van der Waals surface area contributed by atoms with Crippen LogP contribution < -0.4 is 0 Å². The highest BCUT2D eigenvalue weighted by Crippen LogP contribution is 1.96. The predicted octanol–water partition coefficient (Wildman–Crippen LogP) is 5.38. The zero-order valence-corrected chi connectivity index (χ0v) is 12.5. The molecule has 0 radical (unpaired) electrons. The zero-order valence-electron chi connectivity index (χ0n) is 12.5. The predicted molar refractivity (Wildman–Crippen MR) is 78.7 cm³/mol. The van der Waals surface area contributed by atoms with Crippen molar-refractivity contribution in [1.82, 2.24) is 0 Å². The fourth-order valence-corrected chi connectivity index (χ4v) is 0.469. The van der Waals surface area contributed by atoms with Crippen molar-refractivity contribution in [1.29, 1.82) is 0 Å². The van der Waals surface area contributed by atoms with Crippen LogP contribution in [0.2, 0.25) is 0 Å². The van der Waals surface area contributed by atoms with Crippen molar-refractivity contribution in [3.8, 4) is 0 Å². The van der Waals surface area contributed by atoms with Gasteiger partial charge in [0.15, 0.2) is 0 Å². The summed E-state index contributed by atoms with van der Waals surface area (Å²) >= 11 is 0. The van der Waals surface area contributed by atoms with Crippen LogP contribution in [0.4, 0.5) is 0 Å². The minimum atomic E-state index is -0.457. The van der Waals surface area contributed by atoms with Crippen molar-refractivity contribution in [3.05, 3.63) is 46.7 Å². The molecule has 0 aliphatic heterocycles. The first-order valence-corrected chi connectivity index (χ1v) is 6.23. The Bertz CT molecular complexity index is 206. The van der Waals surface area contributed by atoms with Crippen molar-refractivity contribution < 1.29 is 4.92 Å². The SMILES string of the molecule is C=C/C=C(\C=C/C)[N+](=O)[O-].CC.CC.CCC. The van der Waals surface area contributed by atoms with Gasteiger partial charge in [0, 0.05) is 12.2 Å². The number of nitro groups is 1. The van der Waals surface area contributed by atoms with E-state index in [2.05, 4.69) is 20.4 Å². The van der Waals surface area contributed by atoms with Gasteiger partial charge in [0.1, 0.15) is 0 Å². The molecular weight excluding hydrogens is 214 g/mol. The second-order valence-electron chi connectivity index (χ2n) is 2.29. The van der Waals surface area contributed by atoms with Crippen molar-refractivity contribution in [3.63, 3.8) is 0 Å². The van der Waals surface area contributed by atoms with E-state index in [1.807, 2.05) is 27.7 Å². The van der Waals surface area contributed by atoms with Crippen LogP contribution in [0.3, 0.4) is 0 Å². The standard InChI is InChI=1S/C7H9NO2.C3H8.2C2H6/c1-3-5-7(6-4-2)8(9)10;1-3-2;2*1-2/h3-6H,1H2,2H3;3H2,1-2H3;2*1-2H3/b6-4-,7-5+;;;. The van der Waals surface area contributed by atoms with E-state index in [1.165, 1.54) is 24.6 Å². The molecule has 0 aliphatic rings. The van der Waals surface area contributed by atoms with Crippen molar-refractivity contribution >= 4 is 0 Å². The van der Waals surface area contributed by atoms with Crippen LogP contribution in [-0.2, 0) is 0 Å². The number of hydrogen-bond acceptors (Lipinski definition) is 2. The summed E-state index contributed by atoms with van der Waals surface area (Å²) in [6, 6.07) is 0. The van der Waals surface area contributed by atoms with Gasteiger partial charge in [0.25, 0.3) is 5.70 Å². The van der Waals surface area contributed by atoms with Crippen LogP contribution in [0, 0.1) is 10.1 Å². The van der Waals surface area contributed by atoms with Crippen LogP contribution in [0.25, 0.3) is 0 Å². The van der Waals surface area contributed by atoms with E-state index < -0.39 is 4.92 Å². The molecule has 0 saturated heterocycles. The lowest BCUT2D eigenvalue weighted by molar-refractivity contribution is -0.419. The van der Waals surface area contributed by atoms with Crippen LogP contribution in [0.1, 0.15) is 54.9 Å². The maximum atomic E-state index is 10.1. The van der Waals surface area contributed by atoms with E-state index >= 15 is 0 Å². The number of allylic oxidation sites excluding steroid dienone is 4. The summed E-state index contributed by atoms with van der Waals surface area (Å²) in [6.07, 6.45) is 7.01. The lowest BCUT2D eigenvalue weighted by Gasteiger charge is -1.85. The molecule has 0 spiro atoms. The topological polar surface area (TPSA) is 43.1 Å². The Labute approximate surface area is 107 Å². The molecule has 0 aromatic carbocycles. The van der Waals surface area contributed by atoms with Crippen LogP contribution >= 0.6 is 0 Å². The summed E-state index contributed by atoms with van der Waals surface area (Å²) in [5.74, 6) is 0. The van der Waals surface area contributed by atoms with Gasteiger partial charge in [0.05, 0.1) is 4.92 Å². The maximum absolute atomic E-state index is 10.1. The minimum Gasteiger partial charge on any atom is -0.258 e. The number of nitrogens with zero attached hydrogens (tertiary/aromatic N) is 1. The molecule has 0 aliphatic carbocycles. The Morgan fingerprint density at radius 3 is 1.76 bits per heavy atom. The molecule has 0 N–H and O–H groups in total. The molecule has 0 saturated carbocycles. The second-order valence-corrected chi connectivity index (χ2v) is 2.29. The Balaban J connectivity index is -0.000000102. The Kier molecular flexibility index (Phi) is 42.6. The van der Waals surface area contributed by atoms with Crippen LogP contribution in [0.15, 0.2) is 36.6 Å². The average molecular weight is 243 g/mol. The first kappa shape index (κ1) is 24.7. The van der Waals surface area contributed by atoms with E-state index in [0.29, 0.717) is 0 Å². The highest BCUT2D eigenvalue weighted by Gasteiger charge is 2.00. The van der Waals surface area contributed by atoms with E-state index in [-0.39, 0.29) is 5.70 Å². The van der Waals surface area contributed by atoms with Gasteiger partial charge in [0.2, 0.25) is 0 Å². The van der Waals surface area contributed by atoms with Crippen LogP contribution in [0.5, 0.6) is 0 Å². The summed E-state index contributed by atoms with van der Waals surface area (Å²) in [5, 5.41) is 10.1.